The van der Waals surface area contributed by atoms with Crippen LogP contribution in [-0.2, 0) is 6.42 Å². The topological polar surface area (TPSA) is 0 Å². The number of alkyl halides is 13. The predicted octanol–water partition coefficient (Wildman–Crippen LogP) is 8.33. The molecule has 0 N–H and O–H groups in total. The molecule has 0 nitrogen and oxygen atoms in total. The van der Waals surface area contributed by atoms with Crippen molar-refractivity contribution in [3.8, 4) is 0 Å². The minimum Gasteiger partial charge on any atom is -0.200 e. The van der Waals surface area contributed by atoms with Crippen molar-refractivity contribution < 1.29 is 57.1 Å². The van der Waals surface area contributed by atoms with E-state index in [0.717, 1.165) is 11.3 Å². The van der Waals surface area contributed by atoms with E-state index in [1.807, 2.05) is 0 Å². The van der Waals surface area contributed by atoms with Crippen LogP contribution in [0.3, 0.4) is 0 Å². The lowest BCUT2D eigenvalue weighted by Gasteiger charge is -2.39. The van der Waals surface area contributed by atoms with E-state index in [-0.39, 0.29) is 5.56 Å². The molecule has 170 valence electrons. The number of rotatable bonds is 8. The Labute approximate surface area is 174 Å². The van der Waals surface area contributed by atoms with Crippen molar-refractivity contribution in [1.29, 1.82) is 0 Å². The molecule has 0 amide bonds. The van der Waals surface area contributed by atoms with Gasteiger partial charge in [-0.3, -0.25) is 0 Å². The van der Waals surface area contributed by atoms with Crippen molar-refractivity contribution in [3.63, 3.8) is 0 Å². The van der Waals surface area contributed by atoms with Crippen LogP contribution < -0.4 is 0 Å². The number of hydrogen-bond donors (Lipinski definition) is 0. The van der Waals surface area contributed by atoms with Crippen LogP contribution in [-0.4, -0.2) is 35.8 Å². The molecule has 0 saturated heterocycles. The van der Waals surface area contributed by atoms with Crippen molar-refractivity contribution in [2.24, 2.45) is 0 Å². The van der Waals surface area contributed by atoms with Crippen LogP contribution in [0.5, 0.6) is 0 Å². The Morgan fingerprint density at radius 2 is 1.14 bits per heavy atom. The van der Waals surface area contributed by atoms with Crippen LogP contribution in [0, 0.1) is 0 Å². The average molecular weight is 602 g/mol. The monoisotopic (exact) mass is 600 g/mol. The summed E-state index contributed by atoms with van der Waals surface area (Å²) in [5.41, 5.74) is 0.252. The first-order valence-electron chi connectivity index (χ1n) is 7.03. The SMILES string of the molecule is FC(F)(F)C(F)(F)C(F)(F)C(F)(F)C(F)(F)C(F)(F)CCCc1cc(Br)sc1Br. The smallest absolute Gasteiger partial charge is 0.200 e. The molecular weight excluding hydrogens is 595 g/mol. The number of hydrogen-bond acceptors (Lipinski definition) is 1. The quantitative estimate of drug-likeness (QED) is 0.263. The maximum atomic E-state index is 13.6. The molecule has 1 rings (SSSR count). The lowest BCUT2D eigenvalue weighted by atomic mass is 9.91. The van der Waals surface area contributed by atoms with Gasteiger partial charge in [-0.25, -0.2) is 0 Å². The summed E-state index contributed by atoms with van der Waals surface area (Å²) in [5, 5.41) is 0. The highest BCUT2D eigenvalue weighted by molar-refractivity contribution is 9.12. The van der Waals surface area contributed by atoms with Crippen molar-refractivity contribution >= 4 is 43.2 Å². The van der Waals surface area contributed by atoms with E-state index in [4.69, 9.17) is 0 Å². The standard InChI is InChI=1S/C13H7Br2F13S/c14-6-4-5(7(15)29-6)2-1-3-8(16,17)9(18,19)10(20,21)11(22,23)12(24,25)13(26,27)28/h4H,1-3H2. The maximum Gasteiger partial charge on any atom is 0.460 e. The van der Waals surface area contributed by atoms with Crippen molar-refractivity contribution in [1.82, 2.24) is 0 Å². The minimum absolute atomic E-state index is 0.252. The zero-order valence-corrected chi connectivity index (χ0v) is 17.3. The fourth-order valence-corrected chi connectivity index (χ4v) is 4.92. The summed E-state index contributed by atoms with van der Waals surface area (Å²) in [7, 11) is 0. The van der Waals surface area contributed by atoms with E-state index in [2.05, 4.69) is 31.9 Å². The zero-order chi connectivity index (χ0) is 23.3. The molecule has 0 aromatic carbocycles. The van der Waals surface area contributed by atoms with Gasteiger partial charge in [-0.2, -0.15) is 57.1 Å². The molecule has 29 heavy (non-hydrogen) atoms. The highest BCUT2D eigenvalue weighted by atomic mass is 79.9. The van der Waals surface area contributed by atoms with Crippen LogP contribution in [0.1, 0.15) is 18.4 Å². The molecule has 0 radical (unpaired) electrons. The summed E-state index contributed by atoms with van der Waals surface area (Å²) in [4.78, 5) is 0. The summed E-state index contributed by atoms with van der Waals surface area (Å²) < 4.78 is 169. The predicted molar refractivity (Wildman–Crippen MR) is 83.4 cm³/mol. The Morgan fingerprint density at radius 1 is 0.690 bits per heavy atom. The summed E-state index contributed by atoms with van der Waals surface area (Å²) in [5.74, 6) is -36.5. The molecule has 0 atom stereocenters. The van der Waals surface area contributed by atoms with Gasteiger partial charge in [-0.1, -0.05) is 0 Å². The Hall–Kier alpha value is -0.250. The van der Waals surface area contributed by atoms with E-state index in [0.29, 0.717) is 7.57 Å². The van der Waals surface area contributed by atoms with E-state index in [1.165, 1.54) is 6.07 Å². The molecule has 0 aliphatic rings. The van der Waals surface area contributed by atoms with E-state index in [1.54, 1.807) is 0 Å². The van der Waals surface area contributed by atoms with Gasteiger partial charge in [-0.05, 0) is 56.3 Å². The van der Waals surface area contributed by atoms with Gasteiger partial charge in [0.05, 0.1) is 7.57 Å². The minimum atomic E-state index is -7.85. The van der Waals surface area contributed by atoms with Crippen molar-refractivity contribution in [2.45, 2.75) is 55.1 Å². The van der Waals surface area contributed by atoms with Crippen LogP contribution in [0.25, 0.3) is 0 Å². The second kappa shape index (κ2) is 8.02. The summed E-state index contributed by atoms with van der Waals surface area (Å²) in [6.07, 6.45) is -11.0. The van der Waals surface area contributed by atoms with Gasteiger partial charge in [0, 0.05) is 6.42 Å². The second-order valence-corrected chi connectivity index (χ2v) is 9.45. The molecule has 1 heterocycles. The lowest BCUT2D eigenvalue weighted by molar-refractivity contribution is -0.440. The van der Waals surface area contributed by atoms with Crippen LogP contribution in [0.2, 0.25) is 0 Å². The van der Waals surface area contributed by atoms with E-state index < -0.39 is 55.1 Å². The van der Waals surface area contributed by atoms with Gasteiger partial charge >= 0.3 is 35.8 Å². The molecule has 1 aromatic rings. The highest BCUT2D eigenvalue weighted by Crippen LogP contribution is 2.60. The Balaban J connectivity index is 3.13. The van der Waals surface area contributed by atoms with Gasteiger partial charge in [0.1, 0.15) is 0 Å². The molecule has 0 aliphatic heterocycles. The Morgan fingerprint density at radius 3 is 1.52 bits per heavy atom. The summed E-state index contributed by atoms with van der Waals surface area (Å²) in [6, 6.07) is 1.34. The summed E-state index contributed by atoms with van der Waals surface area (Å²) in [6.45, 7) is 0. The fourth-order valence-electron chi connectivity index (χ4n) is 2.00. The third kappa shape index (κ3) is 4.53. The van der Waals surface area contributed by atoms with Crippen LogP contribution >= 0.6 is 43.2 Å². The van der Waals surface area contributed by atoms with E-state index >= 15 is 0 Å². The first kappa shape index (κ1) is 26.8. The summed E-state index contributed by atoms with van der Waals surface area (Å²) >= 11 is 7.02. The fraction of sp³-hybridized carbons (Fsp3) is 0.692. The van der Waals surface area contributed by atoms with Gasteiger partial charge < -0.3 is 0 Å². The molecule has 0 bridgehead atoms. The molecule has 16 heteroatoms. The number of aryl methyl sites for hydroxylation is 1. The molecule has 0 fully saturated rings. The molecular formula is C13H7Br2F13S. The van der Waals surface area contributed by atoms with Crippen molar-refractivity contribution in [3.05, 3.63) is 19.2 Å². The van der Waals surface area contributed by atoms with Gasteiger partial charge in [-0.15, -0.1) is 11.3 Å². The molecule has 0 spiro atoms. The molecule has 0 saturated carbocycles. The second-order valence-electron chi connectivity index (χ2n) is 5.70. The first-order chi connectivity index (χ1) is 12.6. The first-order valence-corrected chi connectivity index (χ1v) is 9.43. The van der Waals surface area contributed by atoms with Gasteiger partial charge in [0.2, 0.25) is 0 Å². The molecule has 0 unspecified atom stereocenters. The number of halogens is 15. The zero-order valence-electron chi connectivity index (χ0n) is 13.3. The molecule has 1 aromatic heterocycles. The third-order valence-electron chi connectivity index (χ3n) is 3.66. The average Bonchev–Trinajstić information content (AvgIpc) is 2.83. The maximum absolute atomic E-state index is 13.6. The van der Waals surface area contributed by atoms with Crippen LogP contribution in [0.4, 0.5) is 57.1 Å². The molecule has 0 aliphatic carbocycles. The van der Waals surface area contributed by atoms with Gasteiger partial charge in [0.15, 0.2) is 0 Å². The normalized spacial score (nSPS) is 15.1. The third-order valence-corrected chi connectivity index (χ3v) is 6.13. The lowest BCUT2D eigenvalue weighted by Crippen LogP contribution is -2.70. The van der Waals surface area contributed by atoms with Crippen molar-refractivity contribution in [2.75, 3.05) is 0 Å². The van der Waals surface area contributed by atoms with E-state index in [9.17, 15) is 57.1 Å². The largest absolute Gasteiger partial charge is 0.460 e. The van der Waals surface area contributed by atoms with Crippen LogP contribution in [0.15, 0.2) is 13.6 Å². The Bertz CT molecular complexity index is 723. The highest BCUT2D eigenvalue weighted by Gasteiger charge is 2.90. The number of thiophene rings is 1. The Kier molecular flexibility index (Phi) is 7.41. The van der Waals surface area contributed by atoms with Gasteiger partial charge in [0.25, 0.3) is 0 Å².